The lowest BCUT2D eigenvalue weighted by atomic mass is 9.93. The quantitative estimate of drug-likeness (QED) is 0.841. The summed E-state index contributed by atoms with van der Waals surface area (Å²) in [6.45, 7) is 2.19. The Morgan fingerprint density at radius 2 is 2.00 bits per heavy atom. The van der Waals surface area contributed by atoms with Gasteiger partial charge in [-0.15, -0.1) is 0 Å². The Labute approximate surface area is 102 Å². The smallest absolute Gasteiger partial charge is 0.160 e. The standard InChI is InChI=1S/C12H19N3O2/c1-13-7-10-8-14-11(15-9-10)12(16-2)3-5-17-6-4-12/h8-9,13H,3-7H2,1-2H3. The van der Waals surface area contributed by atoms with Crippen molar-refractivity contribution in [3.63, 3.8) is 0 Å². The van der Waals surface area contributed by atoms with E-state index < -0.39 is 0 Å². The Bertz CT molecular complexity index is 347. The van der Waals surface area contributed by atoms with Crippen molar-refractivity contribution in [3.8, 4) is 0 Å². The van der Waals surface area contributed by atoms with Crippen molar-refractivity contribution < 1.29 is 9.47 Å². The minimum absolute atomic E-state index is 0.365. The van der Waals surface area contributed by atoms with Gasteiger partial charge >= 0.3 is 0 Å². The normalized spacial score (nSPS) is 19.2. The van der Waals surface area contributed by atoms with Gasteiger partial charge < -0.3 is 14.8 Å². The number of hydrogen-bond acceptors (Lipinski definition) is 5. The molecule has 1 saturated heterocycles. The molecule has 0 aliphatic carbocycles. The predicted molar refractivity (Wildman–Crippen MR) is 63.5 cm³/mol. The number of rotatable bonds is 4. The Hall–Kier alpha value is -1.04. The Kier molecular flexibility index (Phi) is 4.04. The molecule has 2 rings (SSSR count). The van der Waals surface area contributed by atoms with Crippen LogP contribution in [0.1, 0.15) is 24.2 Å². The molecular weight excluding hydrogens is 218 g/mol. The lowest BCUT2D eigenvalue weighted by molar-refractivity contribution is -0.1000. The zero-order valence-corrected chi connectivity index (χ0v) is 10.4. The molecule has 1 aromatic heterocycles. The maximum atomic E-state index is 5.64. The van der Waals surface area contributed by atoms with E-state index in [4.69, 9.17) is 9.47 Å². The van der Waals surface area contributed by atoms with E-state index in [-0.39, 0.29) is 5.60 Å². The van der Waals surface area contributed by atoms with Gasteiger partial charge in [0.05, 0.1) is 0 Å². The first-order valence-electron chi connectivity index (χ1n) is 5.89. The fourth-order valence-corrected chi connectivity index (χ4v) is 2.11. The van der Waals surface area contributed by atoms with E-state index in [1.807, 2.05) is 19.4 Å². The molecule has 1 N–H and O–H groups in total. The molecule has 0 saturated carbocycles. The number of hydrogen-bond donors (Lipinski definition) is 1. The Morgan fingerprint density at radius 1 is 1.35 bits per heavy atom. The van der Waals surface area contributed by atoms with Crippen molar-refractivity contribution in [3.05, 3.63) is 23.8 Å². The number of ether oxygens (including phenoxy) is 2. The molecule has 0 atom stereocenters. The van der Waals surface area contributed by atoms with E-state index in [2.05, 4.69) is 15.3 Å². The first-order valence-corrected chi connectivity index (χ1v) is 5.89. The van der Waals surface area contributed by atoms with Crippen molar-refractivity contribution in [2.75, 3.05) is 27.4 Å². The molecule has 94 valence electrons. The maximum absolute atomic E-state index is 5.64. The molecular formula is C12H19N3O2. The number of methoxy groups -OCH3 is 1. The van der Waals surface area contributed by atoms with Crippen LogP contribution in [0.5, 0.6) is 0 Å². The van der Waals surface area contributed by atoms with Crippen LogP contribution < -0.4 is 5.32 Å². The first-order chi connectivity index (χ1) is 8.30. The van der Waals surface area contributed by atoms with E-state index in [9.17, 15) is 0 Å². The van der Waals surface area contributed by atoms with Crippen molar-refractivity contribution in [2.24, 2.45) is 0 Å². The number of nitrogens with zero attached hydrogens (tertiary/aromatic N) is 2. The van der Waals surface area contributed by atoms with Crippen LogP contribution in [0.3, 0.4) is 0 Å². The summed E-state index contributed by atoms with van der Waals surface area (Å²) in [5.74, 6) is 0.767. The van der Waals surface area contributed by atoms with Crippen molar-refractivity contribution >= 4 is 0 Å². The zero-order valence-electron chi connectivity index (χ0n) is 10.4. The van der Waals surface area contributed by atoms with Gasteiger partial charge in [-0.3, -0.25) is 0 Å². The topological polar surface area (TPSA) is 56.3 Å². The third-order valence-electron chi connectivity index (χ3n) is 3.18. The first kappa shape index (κ1) is 12.4. The van der Waals surface area contributed by atoms with Crippen LogP contribution in [0.25, 0.3) is 0 Å². The van der Waals surface area contributed by atoms with E-state index in [0.717, 1.165) is 30.8 Å². The summed E-state index contributed by atoms with van der Waals surface area (Å²) in [4.78, 5) is 8.86. The fraction of sp³-hybridized carbons (Fsp3) is 0.667. The average Bonchev–Trinajstić information content (AvgIpc) is 2.41. The largest absolute Gasteiger partial charge is 0.381 e. The highest BCUT2D eigenvalue weighted by atomic mass is 16.5. The van der Waals surface area contributed by atoms with Crippen LogP contribution in [0.4, 0.5) is 0 Å². The van der Waals surface area contributed by atoms with E-state index in [0.29, 0.717) is 13.2 Å². The van der Waals surface area contributed by atoms with Crippen LogP contribution >= 0.6 is 0 Å². The van der Waals surface area contributed by atoms with Crippen LogP contribution in [0, 0.1) is 0 Å². The zero-order chi connectivity index (χ0) is 12.1. The SMILES string of the molecule is CNCc1cnc(C2(OC)CCOCC2)nc1. The van der Waals surface area contributed by atoms with Crippen LogP contribution in [0.15, 0.2) is 12.4 Å². The lowest BCUT2D eigenvalue weighted by Gasteiger charge is -2.34. The van der Waals surface area contributed by atoms with Crippen LogP contribution in [-0.2, 0) is 21.6 Å². The predicted octanol–water partition coefficient (Wildman–Crippen LogP) is 0.848. The molecule has 1 aliphatic rings. The second-order valence-electron chi connectivity index (χ2n) is 4.26. The van der Waals surface area contributed by atoms with E-state index in [1.165, 1.54) is 0 Å². The molecule has 0 spiro atoms. The molecule has 1 aromatic rings. The monoisotopic (exact) mass is 237 g/mol. The molecule has 1 fully saturated rings. The summed E-state index contributed by atoms with van der Waals surface area (Å²) in [7, 11) is 3.62. The maximum Gasteiger partial charge on any atom is 0.160 e. The Morgan fingerprint density at radius 3 is 2.53 bits per heavy atom. The summed E-state index contributed by atoms with van der Waals surface area (Å²) in [5.41, 5.74) is 0.714. The minimum atomic E-state index is -0.365. The molecule has 5 nitrogen and oxygen atoms in total. The highest BCUT2D eigenvalue weighted by Gasteiger charge is 2.37. The second-order valence-corrected chi connectivity index (χ2v) is 4.26. The van der Waals surface area contributed by atoms with Crippen LogP contribution in [-0.4, -0.2) is 37.3 Å². The Balaban J connectivity index is 2.18. The highest BCUT2D eigenvalue weighted by molar-refractivity contribution is 5.10. The summed E-state index contributed by atoms with van der Waals surface area (Å²) in [5, 5.41) is 3.08. The lowest BCUT2D eigenvalue weighted by Crippen LogP contribution is -2.37. The molecule has 0 unspecified atom stereocenters. The van der Waals surface area contributed by atoms with Crippen LogP contribution in [0.2, 0.25) is 0 Å². The van der Waals surface area contributed by atoms with E-state index >= 15 is 0 Å². The molecule has 1 aliphatic heterocycles. The van der Waals surface area contributed by atoms with E-state index in [1.54, 1.807) is 7.11 Å². The second kappa shape index (κ2) is 5.53. The van der Waals surface area contributed by atoms with Gasteiger partial charge in [0, 0.05) is 57.7 Å². The fourth-order valence-electron chi connectivity index (χ4n) is 2.11. The number of aromatic nitrogens is 2. The average molecular weight is 237 g/mol. The van der Waals surface area contributed by atoms with Crippen molar-refractivity contribution in [1.29, 1.82) is 0 Å². The summed E-state index contributed by atoms with van der Waals surface area (Å²) < 4.78 is 11.0. The highest BCUT2D eigenvalue weighted by Crippen LogP contribution is 2.32. The molecule has 0 radical (unpaired) electrons. The van der Waals surface area contributed by atoms with Gasteiger partial charge in [-0.25, -0.2) is 9.97 Å². The molecule has 2 heterocycles. The molecule has 0 bridgehead atoms. The minimum Gasteiger partial charge on any atom is -0.381 e. The van der Waals surface area contributed by atoms with Crippen molar-refractivity contribution in [2.45, 2.75) is 25.0 Å². The molecule has 5 heteroatoms. The van der Waals surface area contributed by atoms with Gasteiger partial charge in [-0.2, -0.15) is 0 Å². The molecule has 17 heavy (non-hydrogen) atoms. The van der Waals surface area contributed by atoms with Gasteiger partial charge in [0.1, 0.15) is 5.60 Å². The summed E-state index contributed by atoms with van der Waals surface area (Å²) in [6, 6.07) is 0. The summed E-state index contributed by atoms with van der Waals surface area (Å²) in [6.07, 6.45) is 5.34. The van der Waals surface area contributed by atoms with Gasteiger partial charge in [0.15, 0.2) is 5.82 Å². The molecule has 0 amide bonds. The summed E-state index contributed by atoms with van der Waals surface area (Å²) >= 11 is 0. The third-order valence-corrected chi connectivity index (χ3v) is 3.18. The van der Waals surface area contributed by atoms with Gasteiger partial charge in [-0.05, 0) is 7.05 Å². The van der Waals surface area contributed by atoms with Gasteiger partial charge in [0.25, 0.3) is 0 Å². The number of nitrogens with one attached hydrogen (secondary N) is 1. The van der Waals surface area contributed by atoms with Gasteiger partial charge in [0.2, 0.25) is 0 Å². The third kappa shape index (κ3) is 2.62. The van der Waals surface area contributed by atoms with Gasteiger partial charge in [-0.1, -0.05) is 0 Å². The van der Waals surface area contributed by atoms with Crippen molar-refractivity contribution in [1.82, 2.24) is 15.3 Å². The molecule has 0 aromatic carbocycles.